The average Bonchev–Trinajstić information content (AvgIpc) is 3.38. The summed E-state index contributed by atoms with van der Waals surface area (Å²) in [6.07, 6.45) is 3.39. The number of anilines is 1. The molecule has 10 heteroatoms. The van der Waals surface area contributed by atoms with E-state index in [0.29, 0.717) is 22.5 Å². The number of nitrogens with zero attached hydrogens (tertiary/aromatic N) is 3. The molecule has 40 heavy (non-hydrogen) atoms. The highest BCUT2D eigenvalue weighted by molar-refractivity contribution is 9.10. The first-order chi connectivity index (χ1) is 19.3. The van der Waals surface area contributed by atoms with E-state index in [-0.39, 0.29) is 4.90 Å². The second-order valence-corrected chi connectivity index (χ2v) is 11.5. The van der Waals surface area contributed by atoms with Crippen LogP contribution in [0.15, 0.2) is 124 Å². The van der Waals surface area contributed by atoms with Crippen molar-refractivity contribution in [3.8, 4) is 16.9 Å². The zero-order chi connectivity index (χ0) is 28.1. The van der Waals surface area contributed by atoms with Crippen molar-refractivity contribution in [3.63, 3.8) is 0 Å². The normalized spacial score (nSPS) is 11.4. The van der Waals surface area contributed by atoms with E-state index >= 15 is 0 Å². The van der Waals surface area contributed by atoms with E-state index in [0.717, 1.165) is 21.3 Å². The molecule has 0 aliphatic heterocycles. The second kappa shape index (κ2) is 11.7. The fraction of sp³-hybridized carbons (Fsp3) is 0.0333. The number of aryl methyl sites for hydroxylation is 1. The van der Waals surface area contributed by atoms with E-state index in [1.807, 2.05) is 67.7 Å². The van der Waals surface area contributed by atoms with Crippen LogP contribution in [-0.4, -0.2) is 30.3 Å². The van der Waals surface area contributed by atoms with Gasteiger partial charge in [0.1, 0.15) is 5.69 Å². The number of rotatable bonds is 8. The Morgan fingerprint density at radius 1 is 0.900 bits per heavy atom. The first-order valence-corrected chi connectivity index (χ1v) is 14.5. The van der Waals surface area contributed by atoms with Crippen molar-refractivity contribution in [2.24, 2.45) is 5.10 Å². The van der Waals surface area contributed by atoms with Crippen LogP contribution in [0.1, 0.15) is 21.5 Å². The highest BCUT2D eigenvalue weighted by Gasteiger charge is 2.15. The van der Waals surface area contributed by atoms with Crippen molar-refractivity contribution >= 4 is 43.8 Å². The number of nitrogens with one attached hydrogen (secondary N) is 2. The fourth-order valence-corrected chi connectivity index (χ4v) is 5.20. The van der Waals surface area contributed by atoms with Gasteiger partial charge in [-0.15, -0.1) is 0 Å². The highest BCUT2D eigenvalue weighted by Crippen LogP contribution is 2.24. The van der Waals surface area contributed by atoms with Crippen LogP contribution in [-0.2, 0) is 10.0 Å². The minimum atomic E-state index is -3.74. The minimum Gasteiger partial charge on any atom is -0.280 e. The predicted octanol–water partition coefficient (Wildman–Crippen LogP) is 6.17. The zero-order valence-corrected chi connectivity index (χ0v) is 23.7. The van der Waals surface area contributed by atoms with Crippen LogP contribution >= 0.6 is 15.9 Å². The average molecular weight is 615 g/mol. The van der Waals surface area contributed by atoms with E-state index in [1.165, 1.54) is 24.3 Å². The number of aromatic nitrogens is 2. The highest BCUT2D eigenvalue weighted by atomic mass is 79.9. The molecule has 1 amide bonds. The van der Waals surface area contributed by atoms with Gasteiger partial charge in [0, 0.05) is 33.0 Å². The lowest BCUT2D eigenvalue weighted by Crippen LogP contribution is -2.18. The van der Waals surface area contributed by atoms with Gasteiger partial charge in [-0.25, -0.2) is 18.5 Å². The smallest absolute Gasteiger partial charge is 0.271 e. The summed E-state index contributed by atoms with van der Waals surface area (Å²) < 4.78 is 30.5. The number of carbonyl (C=O) groups excluding carboxylic acids is 1. The molecule has 0 aliphatic rings. The Bertz CT molecular complexity index is 1770. The molecule has 0 saturated heterocycles. The summed E-state index contributed by atoms with van der Waals surface area (Å²) in [6, 6.07) is 30.1. The number of halogens is 1. The largest absolute Gasteiger partial charge is 0.280 e. The standard InChI is InChI=1S/C30H24BrN5O3S/c1-21-7-17-28(18-8-21)40(38,39)35-26-15-11-23(12-16-26)30(37)33-32-19-24-20-36(27-5-3-2-4-6-27)34-29(24)22-9-13-25(31)14-10-22/h2-20,35H,1H3,(H,33,37)/b32-19+. The Morgan fingerprint density at radius 2 is 1.57 bits per heavy atom. The fourth-order valence-electron chi connectivity index (χ4n) is 3.87. The summed E-state index contributed by atoms with van der Waals surface area (Å²) in [6.45, 7) is 1.89. The Morgan fingerprint density at radius 3 is 2.25 bits per heavy atom. The lowest BCUT2D eigenvalue weighted by Gasteiger charge is -2.09. The first-order valence-electron chi connectivity index (χ1n) is 12.2. The van der Waals surface area contributed by atoms with Crippen LogP contribution in [0.3, 0.4) is 0 Å². The van der Waals surface area contributed by atoms with Crippen molar-refractivity contribution < 1.29 is 13.2 Å². The second-order valence-electron chi connectivity index (χ2n) is 8.92. The van der Waals surface area contributed by atoms with Crippen LogP contribution in [0.5, 0.6) is 0 Å². The molecular weight excluding hydrogens is 590 g/mol. The lowest BCUT2D eigenvalue weighted by atomic mass is 10.1. The van der Waals surface area contributed by atoms with Gasteiger partial charge in [-0.2, -0.15) is 10.2 Å². The predicted molar refractivity (Wildman–Crippen MR) is 160 cm³/mol. The topological polar surface area (TPSA) is 105 Å². The molecular formula is C30H24BrN5O3S. The Kier molecular flexibility index (Phi) is 7.90. The summed E-state index contributed by atoms with van der Waals surface area (Å²) in [7, 11) is -3.74. The van der Waals surface area contributed by atoms with Crippen molar-refractivity contribution in [2.75, 3.05) is 4.72 Å². The monoisotopic (exact) mass is 613 g/mol. The molecule has 0 saturated carbocycles. The van der Waals surface area contributed by atoms with Crippen molar-refractivity contribution in [1.29, 1.82) is 0 Å². The Hall–Kier alpha value is -4.54. The number of hydrogen-bond donors (Lipinski definition) is 2. The third-order valence-electron chi connectivity index (χ3n) is 5.98. The van der Waals surface area contributed by atoms with Gasteiger partial charge in [-0.1, -0.05) is 64.0 Å². The number of hydrazone groups is 1. The summed E-state index contributed by atoms with van der Waals surface area (Å²) in [5.41, 5.74) is 7.37. The number of benzene rings is 4. The molecule has 200 valence electrons. The number of para-hydroxylation sites is 1. The lowest BCUT2D eigenvalue weighted by molar-refractivity contribution is 0.0955. The van der Waals surface area contributed by atoms with Crippen LogP contribution in [0, 0.1) is 6.92 Å². The van der Waals surface area contributed by atoms with Gasteiger partial charge in [-0.05, 0) is 67.6 Å². The Balaban J connectivity index is 1.30. The van der Waals surface area contributed by atoms with Gasteiger partial charge in [-0.3, -0.25) is 9.52 Å². The maximum atomic E-state index is 12.7. The molecule has 4 aromatic carbocycles. The summed E-state index contributed by atoms with van der Waals surface area (Å²) in [5, 5.41) is 8.90. The Labute approximate surface area is 240 Å². The number of amides is 1. The molecule has 0 spiro atoms. The SMILES string of the molecule is Cc1ccc(S(=O)(=O)Nc2ccc(C(=O)N/N=C/c3cn(-c4ccccc4)nc3-c3ccc(Br)cc3)cc2)cc1. The number of carbonyl (C=O) groups is 1. The molecule has 8 nitrogen and oxygen atoms in total. The molecule has 1 heterocycles. The van der Waals surface area contributed by atoms with Crippen LogP contribution in [0.4, 0.5) is 5.69 Å². The van der Waals surface area contributed by atoms with Crippen LogP contribution < -0.4 is 10.1 Å². The summed E-state index contributed by atoms with van der Waals surface area (Å²) in [4.78, 5) is 12.9. The molecule has 2 N–H and O–H groups in total. The van der Waals surface area contributed by atoms with Crippen molar-refractivity contribution in [2.45, 2.75) is 11.8 Å². The van der Waals surface area contributed by atoms with Gasteiger partial charge >= 0.3 is 0 Å². The van der Waals surface area contributed by atoms with E-state index in [9.17, 15) is 13.2 Å². The quantitative estimate of drug-likeness (QED) is 0.161. The molecule has 5 aromatic rings. The number of hydrogen-bond acceptors (Lipinski definition) is 5. The number of sulfonamides is 1. The molecule has 0 bridgehead atoms. The molecule has 0 unspecified atom stereocenters. The van der Waals surface area contributed by atoms with Gasteiger partial charge in [0.25, 0.3) is 15.9 Å². The zero-order valence-electron chi connectivity index (χ0n) is 21.3. The molecule has 0 aliphatic carbocycles. The van der Waals surface area contributed by atoms with E-state index in [4.69, 9.17) is 5.10 Å². The maximum Gasteiger partial charge on any atom is 0.271 e. The van der Waals surface area contributed by atoms with Crippen molar-refractivity contribution in [1.82, 2.24) is 15.2 Å². The molecule has 0 atom stereocenters. The van der Waals surface area contributed by atoms with Gasteiger partial charge in [0.2, 0.25) is 0 Å². The molecule has 5 rings (SSSR count). The third-order valence-corrected chi connectivity index (χ3v) is 7.91. The summed E-state index contributed by atoms with van der Waals surface area (Å²) >= 11 is 3.46. The van der Waals surface area contributed by atoms with E-state index < -0.39 is 15.9 Å². The maximum absolute atomic E-state index is 12.7. The van der Waals surface area contributed by atoms with Crippen LogP contribution in [0.2, 0.25) is 0 Å². The summed E-state index contributed by atoms with van der Waals surface area (Å²) in [5.74, 6) is -0.440. The van der Waals surface area contributed by atoms with E-state index in [1.54, 1.807) is 35.2 Å². The van der Waals surface area contributed by atoms with E-state index in [2.05, 4.69) is 31.2 Å². The molecule has 0 fully saturated rings. The molecule has 0 radical (unpaired) electrons. The third kappa shape index (κ3) is 6.36. The minimum absolute atomic E-state index is 0.160. The molecule has 1 aromatic heterocycles. The van der Waals surface area contributed by atoms with Gasteiger partial charge < -0.3 is 0 Å². The first kappa shape index (κ1) is 27.0. The van der Waals surface area contributed by atoms with Gasteiger partial charge in [0.05, 0.1) is 16.8 Å². The van der Waals surface area contributed by atoms with Crippen molar-refractivity contribution in [3.05, 3.63) is 130 Å². The van der Waals surface area contributed by atoms with Gasteiger partial charge in [0.15, 0.2) is 0 Å². The van der Waals surface area contributed by atoms with Crippen LogP contribution in [0.25, 0.3) is 16.9 Å².